The van der Waals surface area contributed by atoms with Crippen molar-refractivity contribution in [3.05, 3.63) is 29.8 Å². The second-order valence-electron chi connectivity index (χ2n) is 4.44. The van der Waals surface area contributed by atoms with Gasteiger partial charge in [-0.05, 0) is 23.1 Å². The first-order valence-electron chi connectivity index (χ1n) is 4.81. The van der Waals surface area contributed by atoms with Gasteiger partial charge in [-0.25, -0.2) is 4.39 Å². The van der Waals surface area contributed by atoms with Crippen LogP contribution in [0.5, 0.6) is 5.75 Å². The minimum atomic E-state index is -1.26. The van der Waals surface area contributed by atoms with E-state index in [0.717, 1.165) is 5.56 Å². The SMILES string of the molecule is BC(F)Oc1cccc(C(C)(C)C)c1. The van der Waals surface area contributed by atoms with E-state index in [1.165, 1.54) is 7.85 Å². The Morgan fingerprint density at radius 1 is 1.36 bits per heavy atom. The number of hydrogen-bond acceptors (Lipinski definition) is 1. The molecule has 0 spiro atoms. The van der Waals surface area contributed by atoms with Crippen LogP contribution in [0.25, 0.3) is 0 Å². The van der Waals surface area contributed by atoms with E-state index >= 15 is 0 Å². The smallest absolute Gasteiger partial charge is 0.197 e. The van der Waals surface area contributed by atoms with E-state index in [4.69, 9.17) is 4.74 Å². The lowest BCUT2D eigenvalue weighted by atomic mass is 9.87. The molecule has 0 aromatic heterocycles. The van der Waals surface area contributed by atoms with Crippen molar-refractivity contribution in [1.82, 2.24) is 0 Å². The molecule has 1 unspecified atom stereocenters. The predicted octanol–water partition coefficient (Wildman–Crippen LogP) is 2.25. The summed E-state index contributed by atoms with van der Waals surface area (Å²) in [7, 11) is 1.38. The van der Waals surface area contributed by atoms with Gasteiger partial charge in [-0.2, -0.15) is 0 Å². The average Bonchev–Trinajstić information content (AvgIpc) is 2.01. The van der Waals surface area contributed by atoms with E-state index in [1.807, 2.05) is 18.2 Å². The Bertz CT molecular complexity index is 304. The first-order chi connectivity index (χ1) is 6.39. The van der Waals surface area contributed by atoms with Gasteiger partial charge in [0, 0.05) is 0 Å². The molecule has 1 rings (SSSR count). The highest BCUT2D eigenvalue weighted by Gasteiger charge is 2.14. The van der Waals surface area contributed by atoms with Crippen LogP contribution in [0.15, 0.2) is 24.3 Å². The Balaban J connectivity index is 2.90. The summed E-state index contributed by atoms with van der Waals surface area (Å²) in [6, 6.07) is 7.56. The van der Waals surface area contributed by atoms with Gasteiger partial charge in [0.05, 0.1) is 0 Å². The Kier molecular flexibility index (Phi) is 3.19. The Morgan fingerprint density at radius 2 is 2.00 bits per heavy atom. The molecule has 0 heterocycles. The second-order valence-corrected chi connectivity index (χ2v) is 4.44. The third-order valence-corrected chi connectivity index (χ3v) is 2.00. The summed E-state index contributed by atoms with van der Waals surface area (Å²) in [4.78, 5) is 0. The van der Waals surface area contributed by atoms with Crippen molar-refractivity contribution in [2.75, 3.05) is 0 Å². The standard InChI is InChI=1S/C11H16BFO/c1-11(2,3)8-5-4-6-9(7-8)14-10(12)13/h4-7,10H,12H2,1-3H3. The lowest BCUT2D eigenvalue weighted by molar-refractivity contribution is 0.146. The maximum absolute atomic E-state index is 12.6. The van der Waals surface area contributed by atoms with Gasteiger partial charge in [0.15, 0.2) is 14.1 Å². The van der Waals surface area contributed by atoms with Crippen LogP contribution in [0.1, 0.15) is 26.3 Å². The van der Waals surface area contributed by atoms with Gasteiger partial charge in [-0.15, -0.1) is 0 Å². The Labute approximate surface area is 85.7 Å². The molecule has 0 radical (unpaired) electrons. The average molecular weight is 194 g/mol. The Morgan fingerprint density at radius 3 is 2.50 bits per heavy atom. The molecule has 0 aliphatic heterocycles. The molecule has 1 aromatic rings. The van der Waals surface area contributed by atoms with Crippen molar-refractivity contribution in [3.8, 4) is 5.75 Å². The lowest BCUT2D eigenvalue weighted by Crippen LogP contribution is -2.13. The molecule has 0 N–H and O–H groups in total. The van der Waals surface area contributed by atoms with E-state index in [1.54, 1.807) is 6.07 Å². The van der Waals surface area contributed by atoms with Gasteiger partial charge in [-0.3, -0.25) is 0 Å². The van der Waals surface area contributed by atoms with E-state index in [0.29, 0.717) is 5.75 Å². The van der Waals surface area contributed by atoms with Crippen LogP contribution in [0.3, 0.4) is 0 Å². The van der Waals surface area contributed by atoms with Crippen molar-refractivity contribution in [3.63, 3.8) is 0 Å². The zero-order valence-corrected chi connectivity index (χ0v) is 9.17. The van der Waals surface area contributed by atoms with Crippen LogP contribution in [0.4, 0.5) is 4.39 Å². The fraction of sp³-hybridized carbons (Fsp3) is 0.455. The summed E-state index contributed by atoms with van der Waals surface area (Å²) >= 11 is 0. The molecule has 1 aromatic carbocycles. The quantitative estimate of drug-likeness (QED) is 0.656. The summed E-state index contributed by atoms with van der Waals surface area (Å²) in [6.45, 7) is 6.35. The van der Waals surface area contributed by atoms with E-state index in [-0.39, 0.29) is 5.41 Å². The number of ether oxygens (including phenoxy) is 1. The summed E-state index contributed by atoms with van der Waals surface area (Å²) in [5, 5.41) is 0. The largest absolute Gasteiger partial charge is 0.469 e. The minimum Gasteiger partial charge on any atom is -0.469 e. The van der Waals surface area contributed by atoms with Crippen LogP contribution in [-0.4, -0.2) is 14.1 Å². The van der Waals surface area contributed by atoms with Crippen LogP contribution in [0, 0.1) is 0 Å². The third-order valence-electron chi connectivity index (χ3n) is 2.00. The fourth-order valence-electron chi connectivity index (χ4n) is 1.22. The minimum absolute atomic E-state index is 0.0684. The summed E-state index contributed by atoms with van der Waals surface area (Å²) in [5.41, 5.74) is 1.22. The second kappa shape index (κ2) is 4.03. The van der Waals surface area contributed by atoms with Gasteiger partial charge in [0.2, 0.25) is 0 Å². The van der Waals surface area contributed by atoms with Crippen LogP contribution >= 0.6 is 0 Å². The van der Waals surface area contributed by atoms with Crippen molar-refractivity contribution in [2.45, 2.75) is 32.4 Å². The van der Waals surface area contributed by atoms with Gasteiger partial charge < -0.3 is 4.74 Å². The molecule has 0 saturated carbocycles. The van der Waals surface area contributed by atoms with Crippen molar-refractivity contribution in [2.24, 2.45) is 0 Å². The molecule has 14 heavy (non-hydrogen) atoms. The van der Waals surface area contributed by atoms with Crippen molar-refractivity contribution < 1.29 is 9.13 Å². The van der Waals surface area contributed by atoms with E-state index in [2.05, 4.69) is 20.8 Å². The molecule has 0 aliphatic carbocycles. The number of halogens is 1. The molecule has 3 heteroatoms. The summed E-state index contributed by atoms with van der Waals surface area (Å²) in [6.07, 6.45) is -1.26. The number of benzene rings is 1. The van der Waals surface area contributed by atoms with Gasteiger partial charge in [0.1, 0.15) is 5.75 Å². The molecule has 1 atom stereocenters. The maximum Gasteiger partial charge on any atom is 0.197 e. The molecule has 0 bridgehead atoms. The van der Waals surface area contributed by atoms with E-state index in [9.17, 15) is 4.39 Å². The van der Waals surface area contributed by atoms with Gasteiger partial charge in [-0.1, -0.05) is 32.9 Å². The maximum atomic E-state index is 12.6. The lowest BCUT2D eigenvalue weighted by Gasteiger charge is -2.20. The summed E-state index contributed by atoms with van der Waals surface area (Å²) in [5.74, 6) is 0.590. The van der Waals surface area contributed by atoms with Crippen LogP contribution in [-0.2, 0) is 5.41 Å². The first kappa shape index (κ1) is 11.1. The number of hydrogen-bond donors (Lipinski definition) is 0. The Hall–Kier alpha value is -0.985. The molecule has 0 saturated heterocycles. The molecular formula is C11H16BFO. The normalized spacial score (nSPS) is 13.7. The summed E-state index contributed by atoms with van der Waals surface area (Å²) < 4.78 is 17.6. The topological polar surface area (TPSA) is 9.23 Å². The van der Waals surface area contributed by atoms with Crippen LogP contribution < -0.4 is 4.74 Å². The number of rotatable bonds is 2. The molecule has 0 aliphatic rings. The van der Waals surface area contributed by atoms with Crippen molar-refractivity contribution >= 4 is 7.85 Å². The third kappa shape index (κ3) is 3.06. The number of alkyl halides is 1. The monoisotopic (exact) mass is 194 g/mol. The first-order valence-corrected chi connectivity index (χ1v) is 4.81. The fourth-order valence-corrected chi connectivity index (χ4v) is 1.22. The zero-order valence-electron chi connectivity index (χ0n) is 9.17. The highest BCUT2D eigenvalue weighted by molar-refractivity contribution is 6.10. The molecular weight excluding hydrogens is 178 g/mol. The van der Waals surface area contributed by atoms with Crippen LogP contribution in [0.2, 0.25) is 0 Å². The predicted molar refractivity (Wildman–Crippen MR) is 59.2 cm³/mol. The molecule has 0 amide bonds. The van der Waals surface area contributed by atoms with Gasteiger partial charge in [0.25, 0.3) is 0 Å². The highest BCUT2D eigenvalue weighted by atomic mass is 19.1. The highest BCUT2D eigenvalue weighted by Crippen LogP contribution is 2.25. The molecule has 1 nitrogen and oxygen atoms in total. The molecule has 76 valence electrons. The van der Waals surface area contributed by atoms with E-state index < -0.39 is 6.26 Å². The van der Waals surface area contributed by atoms with Gasteiger partial charge >= 0.3 is 0 Å². The molecule has 0 fully saturated rings. The van der Waals surface area contributed by atoms with Crippen molar-refractivity contribution in [1.29, 1.82) is 0 Å². The zero-order chi connectivity index (χ0) is 10.8.